The van der Waals surface area contributed by atoms with Gasteiger partial charge >= 0.3 is 11.4 Å². The fraction of sp³-hybridized carbons (Fsp3) is 0.231. The van der Waals surface area contributed by atoms with Crippen molar-refractivity contribution in [1.29, 1.82) is 0 Å². The lowest BCUT2D eigenvalue weighted by Gasteiger charge is -2.18. The van der Waals surface area contributed by atoms with E-state index in [1.807, 2.05) is 56.3 Å². The third kappa shape index (κ3) is 5.58. The predicted molar refractivity (Wildman–Crippen MR) is 127 cm³/mol. The molecule has 0 amide bonds. The number of ether oxygens (including phenoxy) is 3. The zero-order valence-corrected chi connectivity index (χ0v) is 19.3. The van der Waals surface area contributed by atoms with Crippen LogP contribution in [-0.2, 0) is 19.8 Å². The van der Waals surface area contributed by atoms with Crippen LogP contribution < -0.4 is 25.7 Å². The summed E-state index contributed by atoms with van der Waals surface area (Å²) in [5.41, 5.74) is 4.29. The van der Waals surface area contributed by atoms with Crippen LogP contribution in [0.1, 0.15) is 27.8 Å². The predicted octanol–water partition coefficient (Wildman–Crippen LogP) is 3.96. The van der Waals surface area contributed by atoms with Gasteiger partial charge < -0.3 is 18.7 Å². The molecule has 1 N–H and O–H groups in total. The number of nitrogens with zero attached hydrogens (tertiary/aromatic N) is 1. The van der Waals surface area contributed by atoms with Gasteiger partial charge in [0.05, 0.1) is 13.7 Å². The van der Waals surface area contributed by atoms with E-state index in [1.165, 1.54) is 7.11 Å². The molecule has 0 spiro atoms. The van der Waals surface area contributed by atoms with Gasteiger partial charge in [-0.2, -0.15) is 0 Å². The monoisotopic (exact) mass is 462 g/mol. The average molecular weight is 463 g/mol. The van der Waals surface area contributed by atoms with Crippen LogP contribution in [0, 0.1) is 13.8 Å². The molecule has 0 aliphatic carbocycles. The van der Waals surface area contributed by atoms with Gasteiger partial charge in [-0.25, -0.2) is 14.6 Å². The second-order valence-corrected chi connectivity index (χ2v) is 8.03. The molecule has 0 unspecified atom stereocenters. The SMILES string of the molecule is COc1cc(Cn2oc(=O)[nH]c2=O)cc(OCc2cccc(C)c2)c1OCc1cccc(C)c1. The zero-order valence-electron chi connectivity index (χ0n) is 19.3. The van der Waals surface area contributed by atoms with E-state index in [4.69, 9.17) is 18.7 Å². The van der Waals surface area contributed by atoms with E-state index in [2.05, 4.69) is 11.1 Å². The molecular formula is C26H26N2O6. The number of hydrogen-bond acceptors (Lipinski definition) is 6. The van der Waals surface area contributed by atoms with E-state index in [1.54, 1.807) is 12.1 Å². The van der Waals surface area contributed by atoms with Crippen molar-refractivity contribution in [3.05, 3.63) is 110 Å². The highest BCUT2D eigenvalue weighted by Crippen LogP contribution is 2.40. The Hall–Kier alpha value is -4.20. The lowest BCUT2D eigenvalue weighted by atomic mass is 10.1. The maximum absolute atomic E-state index is 11.9. The number of nitrogens with one attached hydrogen (secondary N) is 1. The Morgan fingerprint density at radius 1 is 0.824 bits per heavy atom. The van der Waals surface area contributed by atoms with Crippen LogP contribution >= 0.6 is 0 Å². The minimum absolute atomic E-state index is 0.0207. The number of rotatable bonds is 9. The van der Waals surface area contributed by atoms with Crippen molar-refractivity contribution in [3.63, 3.8) is 0 Å². The van der Waals surface area contributed by atoms with Crippen LogP contribution in [0.4, 0.5) is 0 Å². The Kier molecular flexibility index (Phi) is 6.87. The van der Waals surface area contributed by atoms with E-state index >= 15 is 0 Å². The molecule has 4 aromatic rings. The van der Waals surface area contributed by atoms with Gasteiger partial charge in [-0.05, 0) is 42.7 Å². The topological polar surface area (TPSA) is 95.7 Å². The third-order valence-electron chi connectivity index (χ3n) is 5.20. The largest absolute Gasteiger partial charge is 0.493 e. The van der Waals surface area contributed by atoms with Gasteiger partial charge in [-0.15, -0.1) is 4.74 Å². The first-order chi connectivity index (χ1) is 16.4. The van der Waals surface area contributed by atoms with Crippen molar-refractivity contribution in [2.45, 2.75) is 33.6 Å². The molecule has 0 aliphatic heterocycles. The summed E-state index contributed by atoms with van der Waals surface area (Å²) in [7, 11) is 1.53. The Morgan fingerprint density at radius 2 is 1.44 bits per heavy atom. The average Bonchev–Trinajstić information content (AvgIpc) is 3.12. The number of methoxy groups -OCH3 is 1. The van der Waals surface area contributed by atoms with Crippen LogP contribution in [0.3, 0.4) is 0 Å². The number of benzene rings is 3. The molecule has 0 bridgehead atoms. The number of H-pyrrole nitrogens is 1. The molecule has 1 aromatic heterocycles. The minimum atomic E-state index is -0.814. The van der Waals surface area contributed by atoms with E-state index in [-0.39, 0.29) is 6.54 Å². The molecular weight excluding hydrogens is 436 g/mol. The standard InChI is InChI=1S/C26H26N2O6/c1-17-6-4-8-19(10-17)15-32-23-13-21(14-28-25(29)27-26(30)34-28)12-22(31-3)24(23)33-16-20-9-5-7-18(2)11-20/h4-13H,14-16H2,1-3H3,(H,27,29,30). The minimum Gasteiger partial charge on any atom is -0.493 e. The lowest BCUT2D eigenvalue weighted by Crippen LogP contribution is -2.17. The molecule has 0 atom stereocenters. The summed E-state index contributed by atoms with van der Waals surface area (Å²) in [6.45, 7) is 4.70. The lowest BCUT2D eigenvalue weighted by molar-refractivity contribution is 0.241. The van der Waals surface area contributed by atoms with Crippen LogP contribution in [0.15, 0.2) is 74.8 Å². The normalized spacial score (nSPS) is 10.8. The highest BCUT2D eigenvalue weighted by Gasteiger charge is 2.17. The van der Waals surface area contributed by atoms with Gasteiger partial charge in [0.2, 0.25) is 5.75 Å². The molecule has 0 saturated carbocycles. The summed E-state index contributed by atoms with van der Waals surface area (Å²) < 4.78 is 23.7. The van der Waals surface area contributed by atoms with Crippen molar-refractivity contribution in [1.82, 2.24) is 9.72 Å². The summed E-state index contributed by atoms with van der Waals surface area (Å²) >= 11 is 0. The van der Waals surface area contributed by atoms with Crippen LogP contribution in [-0.4, -0.2) is 16.8 Å². The first-order valence-corrected chi connectivity index (χ1v) is 10.8. The molecule has 34 heavy (non-hydrogen) atoms. The molecule has 8 heteroatoms. The molecule has 1 heterocycles. The van der Waals surface area contributed by atoms with Crippen LogP contribution in [0.5, 0.6) is 17.2 Å². The Bertz CT molecular complexity index is 1400. The van der Waals surface area contributed by atoms with E-state index in [0.29, 0.717) is 36.0 Å². The van der Waals surface area contributed by atoms with Gasteiger partial charge in [0.15, 0.2) is 11.5 Å². The molecule has 176 valence electrons. The molecule has 0 aliphatic rings. The maximum Gasteiger partial charge on any atom is 0.440 e. The van der Waals surface area contributed by atoms with Crippen LogP contribution in [0.2, 0.25) is 0 Å². The summed E-state index contributed by atoms with van der Waals surface area (Å²) in [6, 6.07) is 19.5. The highest BCUT2D eigenvalue weighted by molar-refractivity contribution is 5.54. The first-order valence-electron chi connectivity index (χ1n) is 10.8. The second-order valence-electron chi connectivity index (χ2n) is 8.03. The van der Waals surface area contributed by atoms with Crippen molar-refractivity contribution in [3.8, 4) is 17.2 Å². The van der Waals surface area contributed by atoms with Crippen LogP contribution in [0.25, 0.3) is 0 Å². The zero-order chi connectivity index (χ0) is 24.1. The summed E-state index contributed by atoms with van der Waals surface area (Å²) in [4.78, 5) is 25.3. The number of aryl methyl sites for hydroxylation is 2. The fourth-order valence-corrected chi connectivity index (χ4v) is 3.63. The Morgan fingerprint density at radius 3 is 2.00 bits per heavy atom. The Labute approximate surface area is 196 Å². The third-order valence-corrected chi connectivity index (χ3v) is 5.20. The molecule has 8 nitrogen and oxygen atoms in total. The summed E-state index contributed by atoms with van der Waals surface area (Å²) in [5, 5.41) is 0. The van der Waals surface area contributed by atoms with Gasteiger partial charge in [-0.1, -0.05) is 59.7 Å². The molecule has 0 radical (unpaired) electrons. The van der Waals surface area contributed by atoms with E-state index in [0.717, 1.165) is 27.0 Å². The molecule has 0 saturated heterocycles. The maximum atomic E-state index is 11.9. The molecule has 4 rings (SSSR count). The van der Waals surface area contributed by atoms with Gasteiger partial charge in [-0.3, -0.25) is 0 Å². The van der Waals surface area contributed by atoms with E-state index in [9.17, 15) is 9.59 Å². The Balaban J connectivity index is 1.66. The van der Waals surface area contributed by atoms with Crippen molar-refractivity contribution < 1.29 is 18.7 Å². The second kappa shape index (κ2) is 10.2. The first kappa shape index (κ1) is 23.0. The van der Waals surface area contributed by atoms with Gasteiger partial charge in [0, 0.05) is 0 Å². The summed E-state index contributed by atoms with van der Waals surface area (Å²) in [5.74, 6) is 0.527. The smallest absolute Gasteiger partial charge is 0.440 e. The number of hydrogen-bond donors (Lipinski definition) is 1. The van der Waals surface area contributed by atoms with Gasteiger partial charge in [0.25, 0.3) is 0 Å². The van der Waals surface area contributed by atoms with E-state index < -0.39 is 11.4 Å². The number of aromatic nitrogens is 2. The molecule has 0 fully saturated rings. The fourth-order valence-electron chi connectivity index (χ4n) is 3.63. The van der Waals surface area contributed by atoms with Gasteiger partial charge in [0.1, 0.15) is 13.2 Å². The summed E-state index contributed by atoms with van der Waals surface area (Å²) in [6.07, 6.45) is 0. The highest BCUT2D eigenvalue weighted by atomic mass is 16.5. The van der Waals surface area contributed by atoms with Crippen molar-refractivity contribution in [2.24, 2.45) is 0 Å². The quantitative estimate of drug-likeness (QED) is 0.405. The van der Waals surface area contributed by atoms with Crippen molar-refractivity contribution in [2.75, 3.05) is 7.11 Å². The number of aromatic amines is 1. The van der Waals surface area contributed by atoms with Crippen molar-refractivity contribution >= 4 is 0 Å². The molecule has 3 aromatic carbocycles.